The van der Waals surface area contributed by atoms with Crippen LogP contribution in [0.25, 0.3) is 0 Å². The largest absolute Gasteiger partial charge is 0.370 e. The minimum absolute atomic E-state index is 0.201. The summed E-state index contributed by atoms with van der Waals surface area (Å²) in [5.74, 6) is 1.63. The van der Waals surface area contributed by atoms with Crippen LogP contribution in [-0.2, 0) is 4.79 Å². The number of amides is 1. The number of primary amides is 1. The van der Waals surface area contributed by atoms with Crippen molar-refractivity contribution in [3.8, 4) is 0 Å². The number of nitrogens with two attached hydrogens (primary N) is 1. The second-order valence-corrected chi connectivity index (χ2v) is 5.02. The molecule has 3 N–H and O–H groups in total. The lowest BCUT2D eigenvalue weighted by atomic mass is 9.94. The van der Waals surface area contributed by atoms with Gasteiger partial charge in [-0.05, 0) is 38.0 Å². The fourth-order valence-electron chi connectivity index (χ4n) is 3.18. The quantitative estimate of drug-likeness (QED) is 0.705. The standard InChI is InChI=1S/C11H20N2O/c1-7(4-11(12)14)13-10-6-8-2-3-9(10)5-8/h7-10,13H,2-6H2,1H3,(H2,12,14). The molecule has 0 aromatic heterocycles. The molecule has 2 fully saturated rings. The van der Waals surface area contributed by atoms with E-state index in [1.54, 1.807) is 0 Å². The SMILES string of the molecule is CC(CC(N)=O)NC1CC2CCC1C2. The zero-order chi connectivity index (χ0) is 10.1. The van der Waals surface area contributed by atoms with Gasteiger partial charge in [0.25, 0.3) is 0 Å². The minimum atomic E-state index is -0.201. The summed E-state index contributed by atoms with van der Waals surface area (Å²) in [6, 6.07) is 0.903. The summed E-state index contributed by atoms with van der Waals surface area (Å²) >= 11 is 0. The van der Waals surface area contributed by atoms with E-state index in [4.69, 9.17) is 5.73 Å². The smallest absolute Gasteiger partial charge is 0.218 e. The first-order valence-electron chi connectivity index (χ1n) is 5.69. The molecule has 1 amide bonds. The van der Waals surface area contributed by atoms with Crippen LogP contribution in [0.5, 0.6) is 0 Å². The molecule has 3 nitrogen and oxygen atoms in total. The molecule has 2 aliphatic carbocycles. The van der Waals surface area contributed by atoms with E-state index >= 15 is 0 Å². The van der Waals surface area contributed by atoms with Crippen molar-refractivity contribution in [2.45, 2.75) is 51.1 Å². The van der Waals surface area contributed by atoms with E-state index in [1.807, 2.05) is 0 Å². The summed E-state index contributed by atoms with van der Waals surface area (Å²) < 4.78 is 0. The van der Waals surface area contributed by atoms with Crippen LogP contribution in [-0.4, -0.2) is 18.0 Å². The summed E-state index contributed by atoms with van der Waals surface area (Å²) in [7, 11) is 0. The lowest BCUT2D eigenvalue weighted by Crippen LogP contribution is -2.41. The van der Waals surface area contributed by atoms with Crippen molar-refractivity contribution in [1.82, 2.24) is 5.32 Å². The highest BCUT2D eigenvalue weighted by Crippen LogP contribution is 2.44. The van der Waals surface area contributed by atoms with Crippen LogP contribution in [0.15, 0.2) is 0 Å². The second kappa shape index (κ2) is 3.89. The molecule has 2 bridgehead atoms. The zero-order valence-electron chi connectivity index (χ0n) is 8.83. The Morgan fingerprint density at radius 1 is 1.50 bits per heavy atom. The molecule has 0 heterocycles. The van der Waals surface area contributed by atoms with Gasteiger partial charge in [-0.15, -0.1) is 0 Å². The van der Waals surface area contributed by atoms with Crippen molar-refractivity contribution in [2.75, 3.05) is 0 Å². The normalized spacial score (nSPS) is 37.4. The second-order valence-electron chi connectivity index (χ2n) is 5.02. The van der Waals surface area contributed by atoms with Gasteiger partial charge in [-0.3, -0.25) is 4.79 Å². The zero-order valence-corrected chi connectivity index (χ0v) is 8.83. The van der Waals surface area contributed by atoms with Crippen molar-refractivity contribution in [2.24, 2.45) is 17.6 Å². The van der Waals surface area contributed by atoms with E-state index in [1.165, 1.54) is 25.7 Å². The Kier molecular flexibility index (Phi) is 2.77. The average molecular weight is 196 g/mol. The van der Waals surface area contributed by atoms with E-state index in [-0.39, 0.29) is 11.9 Å². The Morgan fingerprint density at radius 2 is 2.29 bits per heavy atom. The Balaban J connectivity index is 1.78. The Hall–Kier alpha value is -0.570. The van der Waals surface area contributed by atoms with Gasteiger partial charge in [-0.25, -0.2) is 0 Å². The van der Waals surface area contributed by atoms with Gasteiger partial charge in [0.1, 0.15) is 0 Å². The molecule has 0 aromatic rings. The van der Waals surface area contributed by atoms with Gasteiger partial charge in [0.15, 0.2) is 0 Å². The molecule has 2 rings (SSSR count). The number of carbonyl (C=O) groups excluding carboxylic acids is 1. The third-order valence-electron chi connectivity index (χ3n) is 3.74. The van der Waals surface area contributed by atoms with E-state index in [9.17, 15) is 4.79 Å². The lowest BCUT2D eigenvalue weighted by Gasteiger charge is -2.26. The molecule has 0 spiro atoms. The number of hydrogen-bond acceptors (Lipinski definition) is 2. The van der Waals surface area contributed by atoms with Crippen molar-refractivity contribution < 1.29 is 4.79 Å². The van der Waals surface area contributed by atoms with Crippen LogP contribution in [0, 0.1) is 11.8 Å². The Morgan fingerprint density at radius 3 is 2.79 bits per heavy atom. The Labute approximate surface area is 85.4 Å². The maximum absolute atomic E-state index is 10.7. The van der Waals surface area contributed by atoms with Crippen LogP contribution in [0.3, 0.4) is 0 Å². The molecule has 2 saturated carbocycles. The van der Waals surface area contributed by atoms with E-state index in [0.717, 1.165) is 11.8 Å². The minimum Gasteiger partial charge on any atom is -0.370 e. The molecule has 0 saturated heterocycles. The maximum atomic E-state index is 10.7. The van der Waals surface area contributed by atoms with Crippen LogP contribution in [0.2, 0.25) is 0 Å². The topological polar surface area (TPSA) is 55.1 Å². The van der Waals surface area contributed by atoms with Gasteiger partial charge in [0.2, 0.25) is 5.91 Å². The molecule has 3 heteroatoms. The predicted molar refractivity (Wildman–Crippen MR) is 55.6 cm³/mol. The molecular weight excluding hydrogens is 176 g/mol. The molecule has 4 atom stereocenters. The molecule has 0 aromatic carbocycles. The van der Waals surface area contributed by atoms with E-state index in [2.05, 4.69) is 12.2 Å². The molecular formula is C11H20N2O. The third kappa shape index (κ3) is 2.08. The first-order valence-corrected chi connectivity index (χ1v) is 5.69. The summed E-state index contributed by atoms with van der Waals surface area (Å²) in [4.78, 5) is 10.7. The number of nitrogens with one attached hydrogen (secondary N) is 1. The fourth-order valence-corrected chi connectivity index (χ4v) is 3.18. The average Bonchev–Trinajstić information content (AvgIpc) is 2.62. The summed E-state index contributed by atoms with van der Waals surface area (Å²) in [5.41, 5.74) is 5.16. The third-order valence-corrected chi connectivity index (χ3v) is 3.74. The monoisotopic (exact) mass is 196 g/mol. The first-order chi connectivity index (χ1) is 6.65. The van der Waals surface area contributed by atoms with Crippen LogP contribution in [0.4, 0.5) is 0 Å². The molecule has 0 radical (unpaired) electrons. The fraction of sp³-hybridized carbons (Fsp3) is 0.909. The molecule has 2 aliphatic rings. The van der Waals surface area contributed by atoms with Crippen molar-refractivity contribution in [3.05, 3.63) is 0 Å². The summed E-state index contributed by atoms with van der Waals surface area (Å²) in [6.45, 7) is 2.05. The van der Waals surface area contributed by atoms with Crippen molar-refractivity contribution in [3.63, 3.8) is 0 Å². The van der Waals surface area contributed by atoms with Crippen molar-refractivity contribution >= 4 is 5.91 Å². The summed E-state index contributed by atoms with van der Waals surface area (Å²) in [5, 5.41) is 3.54. The Bertz CT molecular complexity index is 229. The van der Waals surface area contributed by atoms with Crippen LogP contribution >= 0.6 is 0 Å². The molecule has 0 aliphatic heterocycles. The number of fused-ring (bicyclic) bond motifs is 2. The van der Waals surface area contributed by atoms with Gasteiger partial charge in [0.05, 0.1) is 0 Å². The highest BCUT2D eigenvalue weighted by molar-refractivity contribution is 5.74. The van der Waals surface area contributed by atoms with Gasteiger partial charge >= 0.3 is 0 Å². The van der Waals surface area contributed by atoms with Crippen LogP contribution < -0.4 is 11.1 Å². The summed E-state index contributed by atoms with van der Waals surface area (Å²) in [6.07, 6.45) is 5.99. The van der Waals surface area contributed by atoms with Gasteiger partial charge in [-0.2, -0.15) is 0 Å². The van der Waals surface area contributed by atoms with E-state index < -0.39 is 0 Å². The lowest BCUT2D eigenvalue weighted by molar-refractivity contribution is -0.118. The number of hydrogen-bond donors (Lipinski definition) is 2. The molecule has 14 heavy (non-hydrogen) atoms. The van der Waals surface area contributed by atoms with E-state index in [0.29, 0.717) is 12.5 Å². The highest BCUT2D eigenvalue weighted by Gasteiger charge is 2.39. The number of rotatable bonds is 4. The van der Waals surface area contributed by atoms with Crippen molar-refractivity contribution in [1.29, 1.82) is 0 Å². The number of carbonyl (C=O) groups is 1. The molecule has 4 unspecified atom stereocenters. The van der Waals surface area contributed by atoms with Crippen LogP contribution in [0.1, 0.15) is 39.0 Å². The predicted octanol–water partition coefficient (Wildman–Crippen LogP) is 1.03. The maximum Gasteiger partial charge on any atom is 0.218 e. The highest BCUT2D eigenvalue weighted by atomic mass is 16.1. The first kappa shape index (κ1) is 9.97. The van der Waals surface area contributed by atoms with Gasteiger partial charge in [-0.1, -0.05) is 6.42 Å². The van der Waals surface area contributed by atoms with Gasteiger partial charge < -0.3 is 11.1 Å². The molecule has 80 valence electrons. The van der Waals surface area contributed by atoms with Gasteiger partial charge in [0, 0.05) is 18.5 Å².